The number of carbonyl (C=O) groups is 1. The maximum atomic E-state index is 12.8. The third-order valence-corrected chi connectivity index (χ3v) is 5.10. The molecule has 1 amide bonds. The quantitative estimate of drug-likeness (QED) is 0.855. The second kappa shape index (κ2) is 6.96. The third-order valence-electron chi connectivity index (χ3n) is 5.10. The molecule has 6 nitrogen and oxygen atoms in total. The van der Waals surface area contributed by atoms with Crippen LogP contribution in [0.15, 0.2) is 28.9 Å². The lowest BCUT2D eigenvalue weighted by atomic mass is 10.1. The van der Waals surface area contributed by atoms with Gasteiger partial charge in [-0.05, 0) is 38.1 Å². The van der Waals surface area contributed by atoms with E-state index in [0.29, 0.717) is 19.0 Å². The van der Waals surface area contributed by atoms with Crippen molar-refractivity contribution in [1.29, 1.82) is 0 Å². The van der Waals surface area contributed by atoms with Gasteiger partial charge in [0.15, 0.2) is 0 Å². The fourth-order valence-corrected chi connectivity index (χ4v) is 3.74. The molecule has 0 aliphatic carbocycles. The number of oxazole rings is 1. The van der Waals surface area contributed by atoms with Crippen LogP contribution in [-0.4, -0.2) is 51.9 Å². The summed E-state index contributed by atoms with van der Waals surface area (Å²) in [5, 5.41) is 0. The van der Waals surface area contributed by atoms with Gasteiger partial charge in [0.05, 0.1) is 12.1 Å². The van der Waals surface area contributed by atoms with E-state index in [9.17, 15) is 4.79 Å². The monoisotopic (exact) mass is 340 g/mol. The first-order chi connectivity index (χ1) is 12.2. The summed E-state index contributed by atoms with van der Waals surface area (Å²) < 4.78 is 5.89. The van der Waals surface area contributed by atoms with Crippen molar-refractivity contribution in [1.82, 2.24) is 19.8 Å². The minimum absolute atomic E-state index is 0.0318. The van der Waals surface area contributed by atoms with E-state index in [1.807, 2.05) is 24.0 Å². The first-order valence-electron chi connectivity index (χ1n) is 9.11. The van der Waals surface area contributed by atoms with E-state index in [2.05, 4.69) is 14.9 Å². The topological polar surface area (TPSA) is 62.5 Å². The van der Waals surface area contributed by atoms with Crippen LogP contribution in [0.25, 0.3) is 11.5 Å². The van der Waals surface area contributed by atoms with Gasteiger partial charge in [-0.1, -0.05) is 6.92 Å². The minimum Gasteiger partial charge on any atom is -0.441 e. The standard InChI is InChI=1S/C19H24N4O2/c1-14(12-22-8-2-3-9-22)19(24)23-10-6-17-16(13-23)21-18(25-17)15-5-4-7-20-11-15/h4-5,7,11,14H,2-3,6,8-10,12-13H2,1H3. The molecule has 0 bridgehead atoms. The molecule has 132 valence electrons. The number of hydrogen-bond acceptors (Lipinski definition) is 5. The van der Waals surface area contributed by atoms with E-state index in [-0.39, 0.29) is 11.8 Å². The van der Waals surface area contributed by atoms with Gasteiger partial charge >= 0.3 is 0 Å². The van der Waals surface area contributed by atoms with E-state index in [4.69, 9.17) is 4.42 Å². The number of fused-ring (bicyclic) bond motifs is 1. The minimum atomic E-state index is 0.0318. The smallest absolute Gasteiger partial charge is 0.228 e. The highest BCUT2D eigenvalue weighted by atomic mass is 16.4. The van der Waals surface area contributed by atoms with Crippen LogP contribution in [0.4, 0.5) is 0 Å². The lowest BCUT2D eigenvalue weighted by molar-refractivity contribution is -0.136. The highest BCUT2D eigenvalue weighted by molar-refractivity contribution is 5.79. The van der Waals surface area contributed by atoms with Crippen molar-refractivity contribution in [3.63, 3.8) is 0 Å². The summed E-state index contributed by atoms with van der Waals surface area (Å²) in [6.07, 6.45) is 6.71. The molecule has 1 saturated heterocycles. The van der Waals surface area contributed by atoms with Crippen molar-refractivity contribution in [2.75, 3.05) is 26.2 Å². The summed E-state index contributed by atoms with van der Waals surface area (Å²) in [6, 6.07) is 3.81. The summed E-state index contributed by atoms with van der Waals surface area (Å²) in [6.45, 7) is 6.40. The number of nitrogens with zero attached hydrogens (tertiary/aromatic N) is 4. The van der Waals surface area contributed by atoms with Crippen molar-refractivity contribution in [2.24, 2.45) is 5.92 Å². The lowest BCUT2D eigenvalue weighted by Gasteiger charge is -2.29. The molecule has 0 aromatic carbocycles. The predicted octanol–water partition coefficient (Wildman–Crippen LogP) is 2.35. The van der Waals surface area contributed by atoms with Crippen LogP contribution in [0.2, 0.25) is 0 Å². The molecule has 4 heterocycles. The molecule has 0 spiro atoms. The number of carbonyl (C=O) groups excluding carboxylic acids is 1. The first kappa shape index (κ1) is 16.3. The Kier molecular flexibility index (Phi) is 4.53. The molecule has 2 aliphatic rings. The van der Waals surface area contributed by atoms with E-state index in [0.717, 1.165) is 43.1 Å². The molecule has 2 aromatic rings. The summed E-state index contributed by atoms with van der Waals surface area (Å²) >= 11 is 0. The maximum absolute atomic E-state index is 12.8. The number of rotatable bonds is 4. The zero-order valence-corrected chi connectivity index (χ0v) is 14.6. The summed E-state index contributed by atoms with van der Waals surface area (Å²) in [7, 11) is 0. The van der Waals surface area contributed by atoms with Crippen LogP contribution in [0.1, 0.15) is 31.2 Å². The van der Waals surface area contributed by atoms with E-state index >= 15 is 0 Å². The molecule has 0 N–H and O–H groups in total. The number of amides is 1. The summed E-state index contributed by atoms with van der Waals surface area (Å²) in [4.78, 5) is 25.8. The number of pyridine rings is 1. The molecule has 6 heteroatoms. The van der Waals surface area contributed by atoms with E-state index in [1.54, 1.807) is 12.4 Å². The highest BCUT2D eigenvalue weighted by Gasteiger charge is 2.29. The van der Waals surface area contributed by atoms with E-state index < -0.39 is 0 Å². The number of likely N-dealkylation sites (tertiary alicyclic amines) is 1. The molecule has 2 aliphatic heterocycles. The molecular formula is C19H24N4O2. The zero-order chi connectivity index (χ0) is 17.2. The van der Waals surface area contributed by atoms with Crippen LogP contribution in [0.5, 0.6) is 0 Å². The normalized spacial score (nSPS) is 19.0. The van der Waals surface area contributed by atoms with Crippen LogP contribution < -0.4 is 0 Å². The maximum Gasteiger partial charge on any atom is 0.228 e. The Bertz CT molecular complexity index is 737. The molecule has 1 unspecified atom stereocenters. The van der Waals surface area contributed by atoms with E-state index in [1.165, 1.54) is 12.8 Å². The van der Waals surface area contributed by atoms with Crippen LogP contribution >= 0.6 is 0 Å². The molecule has 0 radical (unpaired) electrons. The van der Waals surface area contributed by atoms with Gasteiger partial charge in [-0.15, -0.1) is 0 Å². The number of aromatic nitrogens is 2. The summed E-state index contributed by atoms with van der Waals surface area (Å²) in [5.41, 5.74) is 1.75. The zero-order valence-electron chi connectivity index (χ0n) is 14.6. The average molecular weight is 340 g/mol. The SMILES string of the molecule is CC(CN1CCCC1)C(=O)N1CCc2oc(-c3cccnc3)nc2C1. The van der Waals surface area contributed by atoms with Gasteiger partial charge in [0, 0.05) is 37.8 Å². The fourth-order valence-electron chi connectivity index (χ4n) is 3.74. The predicted molar refractivity (Wildman–Crippen MR) is 93.7 cm³/mol. The van der Waals surface area contributed by atoms with Crippen LogP contribution in [-0.2, 0) is 17.8 Å². The Morgan fingerprint density at radius 2 is 2.16 bits per heavy atom. The Morgan fingerprint density at radius 3 is 2.92 bits per heavy atom. The molecule has 0 saturated carbocycles. The van der Waals surface area contributed by atoms with Crippen molar-refractivity contribution in [3.8, 4) is 11.5 Å². The highest BCUT2D eigenvalue weighted by Crippen LogP contribution is 2.26. The van der Waals surface area contributed by atoms with Gasteiger partial charge in [0.1, 0.15) is 11.5 Å². The van der Waals surface area contributed by atoms with Gasteiger partial charge < -0.3 is 14.2 Å². The summed E-state index contributed by atoms with van der Waals surface area (Å²) in [5.74, 6) is 1.75. The molecule has 25 heavy (non-hydrogen) atoms. The molecule has 4 rings (SSSR count). The lowest BCUT2D eigenvalue weighted by Crippen LogP contribution is -2.42. The fraction of sp³-hybridized carbons (Fsp3) is 0.526. The molecule has 2 aromatic heterocycles. The third kappa shape index (κ3) is 3.44. The first-order valence-corrected chi connectivity index (χ1v) is 9.11. The van der Waals surface area contributed by atoms with Gasteiger partial charge in [-0.2, -0.15) is 0 Å². The Morgan fingerprint density at radius 1 is 1.32 bits per heavy atom. The van der Waals surface area contributed by atoms with Crippen molar-refractivity contribution >= 4 is 5.91 Å². The average Bonchev–Trinajstić information content (AvgIpc) is 3.30. The number of hydrogen-bond donors (Lipinski definition) is 0. The molecule has 1 fully saturated rings. The van der Waals surface area contributed by atoms with Gasteiger partial charge in [-0.25, -0.2) is 4.98 Å². The molecular weight excluding hydrogens is 316 g/mol. The second-order valence-electron chi connectivity index (χ2n) is 7.05. The van der Waals surface area contributed by atoms with Crippen LogP contribution in [0.3, 0.4) is 0 Å². The Hall–Kier alpha value is -2.21. The van der Waals surface area contributed by atoms with Gasteiger partial charge in [0.25, 0.3) is 0 Å². The van der Waals surface area contributed by atoms with Crippen molar-refractivity contribution < 1.29 is 9.21 Å². The molecule has 1 atom stereocenters. The van der Waals surface area contributed by atoms with Gasteiger partial charge in [0.2, 0.25) is 11.8 Å². The largest absolute Gasteiger partial charge is 0.441 e. The van der Waals surface area contributed by atoms with Crippen molar-refractivity contribution in [3.05, 3.63) is 36.0 Å². The Labute approximate surface area is 147 Å². The Balaban J connectivity index is 1.43. The van der Waals surface area contributed by atoms with Gasteiger partial charge in [-0.3, -0.25) is 9.78 Å². The van der Waals surface area contributed by atoms with Crippen LogP contribution in [0, 0.1) is 5.92 Å². The van der Waals surface area contributed by atoms with Crippen molar-refractivity contribution in [2.45, 2.75) is 32.7 Å². The second-order valence-corrected chi connectivity index (χ2v) is 7.05.